The lowest BCUT2D eigenvalue weighted by atomic mass is 10.0. The zero-order chi connectivity index (χ0) is 21.6. The highest BCUT2D eigenvalue weighted by atomic mass is 32.2. The van der Waals surface area contributed by atoms with Gasteiger partial charge >= 0.3 is 0 Å². The fraction of sp³-hybridized carbons (Fsp3) is 0.174. The van der Waals surface area contributed by atoms with E-state index in [1.54, 1.807) is 29.9 Å². The molecule has 1 aliphatic heterocycles. The molecule has 0 amide bonds. The first-order valence-corrected chi connectivity index (χ1v) is 12.3. The molecule has 0 saturated carbocycles. The van der Waals surface area contributed by atoms with Gasteiger partial charge in [-0.3, -0.25) is 4.72 Å². The highest BCUT2D eigenvalue weighted by molar-refractivity contribution is 7.92. The number of aromatic nitrogens is 2. The van der Waals surface area contributed by atoms with Crippen LogP contribution in [0.4, 0.5) is 11.4 Å². The number of fused-ring (bicyclic) bond motifs is 2. The van der Waals surface area contributed by atoms with Gasteiger partial charge in [-0.15, -0.1) is 11.3 Å². The average Bonchev–Trinajstić information content (AvgIpc) is 3.23. The molecule has 0 atom stereocenters. The standard InChI is InChI=1S/C23H22N4O2S2/c1-15-25-22(14-27(15)2)31(28,29)26-18-11-17-8-5-6-10-24-23(17)19(13-18)21-12-16-7-3-4-9-20(16)30-21/h3-5,7-9,11-14,24,26H,6,10H2,1-2H3. The second-order valence-electron chi connectivity index (χ2n) is 7.60. The summed E-state index contributed by atoms with van der Waals surface area (Å²) >= 11 is 1.70. The number of nitrogens with zero attached hydrogens (tertiary/aromatic N) is 2. The molecule has 0 spiro atoms. The van der Waals surface area contributed by atoms with Crippen LogP contribution in [-0.4, -0.2) is 24.5 Å². The number of imidazole rings is 1. The lowest BCUT2D eigenvalue weighted by Crippen LogP contribution is -2.14. The summed E-state index contributed by atoms with van der Waals surface area (Å²) < 4.78 is 31.6. The molecule has 3 heterocycles. The predicted molar refractivity (Wildman–Crippen MR) is 128 cm³/mol. The molecule has 0 bridgehead atoms. The zero-order valence-electron chi connectivity index (χ0n) is 17.2. The fourth-order valence-electron chi connectivity index (χ4n) is 3.72. The first-order valence-electron chi connectivity index (χ1n) is 10.0. The highest BCUT2D eigenvalue weighted by Crippen LogP contribution is 2.41. The summed E-state index contributed by atoms with van der Waals surface area (Å²) in [7, 11) is -2.02. The van der Waals surface area contributed by atoms with Gasteiger partial charge in [-0.05, 0) is 43.0 Å². The molecule has 2 aromatic heterocycles. The monoisotopic (exact) mass is 450 g/mol. The molecule has 2 aromatic carbocycles. The summed E-state index contributed by atoms with van der Waals surface area (Å²) in [6.07, 6.45) is 6.59. The van der Waals surface area contributed by atoms with E-state index >= 15 is 0 Å². The molecule has 0 fully saturated rings. The lowest BCUT2D eigenvalue weighted by molar-refractivity contribution is 0.598. The van der Waals surface area contributed by atoms with Crippen molar-refractivity contribution in [1.82, 2.24) is 9.55 Å². The minimum absolute atomic E-state index is 0.0134. The van der Waals surface area contributed by atoms with Crippen LogP contribution in [0.2, 0.25) is 0 Å². The fourth-order valence-corrected chi connectivity index (χ4v) is 5.88. The summed E-state index contributed by atoms with van der Waals surface area (Å²) in [5.74, 6) is 0.639. The van der Waals surface area contributed by atoms with E-state index in [0.717, 1.165) is 34.7 Å². The summed E-state index contributed by atoms with van der Waals surface area (Å²) in [6, 6.07) is 14.2. The third-order valence-corrected chi connectivity index (χ3v) is 7.79. The second-order valence-corrected chi connectivity index (χ2v) is 10.3. The van der Waals surface area contributed by atoms with Crippen LogP contribution in [-0.2, 0) is 17.1 Å². The predicted octanol–water partition coefficient (Wildman–Crippen LogP) is 5.24. The summed E-state index contributed by atoms with van der Waals surface area (Å²) in [5, 5.41) is 4.71. The number of hydrogen-bond donors (Lipinski definition) is 2. The molecule has 0 aliphatic carbocycles. The van der Waals surface area contributed by atoms with Crippen LogP contribution in [0.1, 0.15) is 17.8 Å². The SMILES string of the molecule is Cc1nc(S(=O)(=O)Nc2cc3c(c(-c4cc5ccccc5s4)c2)NCCC=C3)cn1C. The van der Waals surface area contributed by atoms with E-state index < -0.39 is 10.0 Å². The Morgan fingerprint density at radius 3 is 2.81 bits per heavy atom. The van der Waals surface area contributed by atoms with Crippen molar-refractivity contribution >= 4 is 48.9 Å². The summed E-state index contributed by atoms with van der Waals surface area (Å²) in [6.45, 7) is 2.61. The summed E-state index contributed by atoms with van der Waals surface area (Å²) in [5.41, 5.74) is 3.49. The van der Waals surface area contributed by atoms with E-state index in [2.05, 4.69) is 45.4 Å². The van der Waals surface area contributed by atoms with E-state index in [1.165, 1.54) is 16.3 Å². The topological polar surface area (TPSA) is 76.0 Å². The maximum absolute atomic E-state index is 13.0. The highest BCUT2D eigenvalue weighted by Gasteiger charge is 2.21. The molecule has 4 aromatic rings. The van der Waals surface area contributed by atoms with Crippen LogP contribution >= 0.6 is 11.3 Å². The average molecular weight is 451 g/mol. The van der Waals surface area contributed by atoms with Crippen molar-refractivity contribution in [2.75, 3.05) is 16.6 Å². The molecule has 2 N–H and O–H groups in total. The molecular formula is C23H22N4O2S2. The van der Waals surface area contributed by atoms with Gasteiger partial charge in [-0.1, -0.05) is 30.4 Å². The number of thiophene rings is 1. The number of aryl methyl sites for hydroxylation is 2. The van der Waals surface area contributed by atoms with Crippen molar-refractivity contribution in [1.29, 1.82) is 0 Å². The molecule has 158 valence electrons. The molecule has 6 nitrogen and oxygen atoms in total. The van der Waals surface area contributed by atoms with Crippen molar-refractivity contribution < 1.29 is 8.42 Å². The van der Waals surface area contributed by atoms with E-state index in [0.29, 0.717) is 11.5 Å². The van der Waals surface area contributed by atoms with Crippen molar-refractivity contribution in [2.45, 2.75) is 18.4 Å². The van der Waals surface area contributed by atoms with E-state index in [4.69, 9.17) is 0 Å². The molecule has 0 saturated heterocycles. The Kier molecular flexibility index (Phi) is 4.83. The van der Waals surface area contributed by atoms with Gasteiger partial charge in [-0.25, -0.2) is 4.98 Å². The number of sulfonamides is 1. The minimum Gasteiger partial charge on any atom is -0.384 e. The van der Waals surface area contributed by atoms with Crippen molar-refractivity contribution in [2.24, 2.45) is 7.05 Å². The Bertz CT molecular complexity index is 1380. The van der Waals surface area contributed by atoms with Gasteiger partial charge in [0.05, 0.1) is 11.4 Å². The van der Waals surface area contributed by atoms with Crippen molar-refractivity contribution in [3.8, 4) is 10.4 Å². The van der Waals surface area contributed by atoms with Gasteiger partial charge in [0.1, 0.15) is 5.82 Å². The van der Waals surface area contributed by atoms with Crippen molar-refractivity contribution in [3.63, 3.8) is 0 Å². The van der Waals surface area contributed by atoms with Gasteiger partial charge in [-0.2, -0.15) is 8.42 Å². The first kappa shape index (κ1) is 19.8. The largest absolute Gasteiger partial charge is 0.384 e. The second kappa shape index (κ2) is 7.55. The van der Waals surface area contributed by atoms with Crippen LogP contribution in [0.15, 0.2) is 59.8 Å². The normalized spacial score (nSPS) is 13.6. The Labute approximate surface area is 185 Å². The van der Waals surface area contributed by atoms with Crippen LogP contribution in [0.3, 0.4) is 0 Å². The van der Waals surface area contributed by atoms with Crippen LogP contribution < -0.4 is 10.0 Å². The van der Waals surface area contributed by atoms with E-state index in [-0.39, 0.29) is 5.03 Å². The van der Waals surface area contributed by atoms with Crippen LogP contribution in [0.5, 0.6) is 0 Å². The van der Waals surface area contributed by atoms with Gasteiger partial charge in [0.25, 0.3) is 10.0 Å². The maximum atomic E-state index is 13.0. The summed E-state index contributed by atoms with van der Waals surface area (Å²) in [4.78, 5) is 5.27. The molecule has 31 heavy (non-hydrogen) atoms. The number of benzene rings is 2. The van der Waals surface area contributed by atoms with Crippen molar-refractivity contribution in [3.05, 3.63) is 66.1 Å². The smallest absolute Gasteiger partial charge is 0.280 e. The molecule has 0 unspecified atom stereocenters. The Morgan fingerprint density at radius 1 is 1.19 bits per heavy atom. The number of anilines is 2. The van der Waals surface area contributed by atoms with E-state index in [1.807, 2.05) is 24.3 Å². The van der Waals surface area contributed by atoms with Crippen LogP contribution in [0.25, 0.3) is 26.6 Å². The van der Waals surface area contributed by atoms with Gasteiger partial charge in [0.2, 0.25) is 0 Å². The minimum atomic E-state index is -3.80. The lowest BCUT2D eigenvalue weighted by Gasteiger charge is -2.16. The molecule has 1 aliphatic rings. The maximum Gasteiger partial charge on any atom is 0.280 e. The third kappa shape index (κ3) is 3.73. The Morgan fingerprint density at radius 2 is 2.03 bits per heavy atom. The van der Waals surface area contributed by atoms with Gasteiger partial charge < -0.3 is 9.88 Å². The number of rotatable bonds is 4. The molecule has 5 rings (SSSR count). The van der Waals surface area contributed by atoms with Gasteiger partial charge in [0, 0.05) is 40.5 Å². The van der Waals surface area contributed by atoms with Gasteiger partial charge in [0.15, 0.2) is 5.03 Å². The molecule has 0 radical (unpaired) electrons. The zero-order valence-corrected chi connectivity index (χ0v) is 18.8. The molecular weight excluding hydrogens is 428 g/mol. The quantitative estimate of drug-likeness (QED) is 0.446. The number of nitrogens with one attached hydrogen (secondary N) is 2. The Balaban J connectivity index is 1.63. The van der Waals surface area contributed by atoms with Crippen LogP contribution in [0, 0.1) is 6.92 Å². The van der Waals surface area contributed by atoms with E-state index in [9.17, 15) is 8.42 Å². The molecule has 8 heteroatoms. The Hall–Kier alpha value is -3.10. The number of hydrogen-bond acceptors (Lipinski definition) is 5. The first-order chi connectivity index (χ1) is 14.9. The third-order valence-electron chi connectivity index (χ3n) is 5.38.